The third-order valence-corrected chi connectivity index (χ3v) is 3.19. The minimum Gasteiger partial charge on any atom is -0.350 e. The van der Waals surface area contributed by atoms with Gasteiger partial charge in [0.1, 0.15) is 11.5 Å². The summed E-state index contributed by atoms with van der Waals surface area (Å²) >= 11 is 3.18. The minimum atomic E-state index is -0.484. The number of nitro groups is 1. The molecule has 2 aromatic rings. The molecule has 0 heterocycles. The molecule has 1 N–H and O–H groups in total. The summed E-state index contributed by atoms with van der Waals surface area (Å²) in [6.07, 6.45) is 0. The maximum atomic E-state index is 13.4. The van der Waals surface area contributed by atoms with Gasteiger partial charge in [-0.2, -0.15) is 0 Å². The number of nitrogens with zero attached hydrogens (tertiary/aromatic N) is 1. The van der Waals surface area contributed by atoms with Crippen LogP contribution in [-0.2, 0) is 0 Å². The van der Waals surface area contributed by atoms with Crippen LogP contribution >= 0.6 is 15.9 Å². The molecule has 6 heteroatoms. The molecular weight excluding hydrogens is 315 g/mol. The molecule has 0 saturated heterocycles. The summed E-state index contributed by atoms with van der Waals surface area (Å²) < 4.78 is 14.0. The molecule has 0 fully saturated rings. The smallest absolute Gasteiger partial charge is 0.293 e. The van der Waals surface area contributed by atoms with Crippen molar-refractivity contribution in [1.82, 2.24) is 0 Å². The van der Waals surface area contributed by atoms with E-state index in [9.17, 15) is 14.5 Å². The van der Waals surface area contributed by atoms with Crippen LogP contribution in [0.2, 0.25) is 0 Å². The average Bonchev–Trinajstić information content (AvgIpc) is 2.36. The summed E-state index contributed by atoms with van der Waals surface area (Å²) in [5.74, 6) is -0.357. The van der Waals surface area contributed by atoms with E-state index in [4.69, 9.17) is 0 Å². The quantitative estimate of drug-likeness (QED) is 0.665. The first kappa shape index (κ1) is 13.5. The first-order valence-corrected chi connectivity index (χ1v) is 6.24. The fourth-order valence-corrected chi connectivity index (χ4v) is 2.00. The van der Waals surface area contributed by atoms with Gasteiger partial charge in [0, 0.05) is 21.8 Å². The van der Waals surface area contributed by atoms with Crippen molar-refractivity contribution in [1.29, 1.82) is 0 Å². The normalized spacial score (nSPS) is 10.3. The number of halogens is 2. The van der Waals surface area contributed by atoms with E-state index in [2.05, 4.69) is 21.2 Å². The van der Waals surface area contributed by atoms with E-state index in [-0.39, 0.29) is 11.5 Å². The second kappa shape index (κ2) is 5.36. The van der Waals surface area contributed by atoms with Crippen molar-refractivity contribution in [3.05, 3.63) is 62.4 Å². The molecule has 0 bridgehead atoms. The van der Waals surface area contributed by atoms with Crippen LogP contribution in [0.4, 0.5) is 21.5 Å². The number of nitro benzene ring substituents is 1. The van der Waals surface area contributed by atoms with Gasteiger partial charge in [0.2, 0.25) is 0 Å². The van der Waals surface area contributed by atoms with Crippen LogP contribution in [0.1, 0.15) is 5.56 Å². The molecule has 0 amide bonds. The summed E-state index contributed by atoms with van der Waals surface area (Å²) in [5, 5.41) is 13.9. The van der Waals surface area contributed by atoms with Gasteiger partial charge in [0.15, 0.2) is 0 Å². The van der Waals surface area contributed by atoms with Gasteiger partial charge >= 0.3 is 0 Å². The highest BCUT2D eigenvalue weighted by Gasteiger charge is 2.15. The predicted molar refractivity (Wildman–Crippen MR) is 75.2 cm³/mol. The van der Waals surface area contributed by atoms with Gasteiger partial charge in [0.25, 0.3) is 5.69 Å². The molecule has 19 heavy (non-hydrogen) atoms. The SMILES string of the molecule is Cc1c(F)cccc1Nc1ccc(Br)cc1[N+](=O)[O-]. The second-order valence-corrected chi connectivity index (χ2v) is 4.87. The predicted octanol–water partition coefficient (Wildman–Crippen LogP) is 4.55. The van der Waals surface area contributed by atoms with E-state index in [0.29, 0.717) is 21.4 Å². The number of hydrogen-bond donors (Lipinski definition) is 1. The highest BCUT2D eigenvalue weighted by atomic mass is 79.9. The Morgan fingerprint density at radius 1 is 1.26 bits per heavy atom. The third-order valence-electron chi connectivity index (χ3n) is 2.69. The lowest BCUT2D eigenvalue weighted by Gasteiger charge is -2.10. The van der Waals surface area contributed by atoms with E-state index in [0.717, 1.165) is 0 Å². The summed E-state index contributed by atoms with van der Waals surface area (Å²) in [6.45, 7) is 1.61. The summed E-state index contributed by atoms with van der Waals surface area (Å²) in [4.78, 5) is 10.5. The molecule has 2 rings (SSSR count). The lowest BCUT2D eigenvalue weighted by molar-refractivity contribution is -0.384. The van der Waals surface area contributed by atoms with Crippen molar-refractivity contribution >= 4 is 33.0 Å². The van der Waals surface area contributed by atoms with E-state index in [1.807, 2.05) is 0 Å². The third kappa shape index (κ3) is 2.90. The molecule has 0 atom stereocenters. The van der Waals surface area contributed by atoms with Gasteiger partial charge in [-0.25, -0.2) is 4.39 Å². The molecule has 0 aliphatic rings. The zero-order valence-corrected chi connectivity index (χ0v) is 11.6. The molecular formula is C13H10BrFN2O2. The van der Waals surface area contributed by atoms with Gasteiger partial charge in [-0.05, 0) is 31.2 Å². The highest BCUT2D eigenvalue weighted by Crippen LogP contribution is 2.31. The average molecular weight is 325 g/mol. The Morgan fingerprint density at radius 2 is 2.00 bits per heavy atom. The monoisotopic (exact) mass is 324 g/mol. The van der Waals surface area contributed by atoms with Crippen LogP contribution in [0.3, 0.4) is 0 Å². The number of hydrogen-bond acceptors (Lipinski definition) is 3. The second-order valence-electron chi connectivity index (χ2n) is 3.96. The van der Waals surface area contributed by atoms with Crippen LogP contribution in [0, 0.1) is 22.9 Å². The van der Waals surface area contributed by atoms with Crippen LogP contribution in [0.5, 0.6) is 0 Å². The fraction of sp³-hybridized carbons (Fsp3) is 0.0769. The maximum Gasteiger partial charge on any atom is 0.293 e. The minimum absolute atomic E-state index is 0.0713. The molecule has 0 saturated carbocycles. The first-order valence-electron chi connectivity index (χ1n) is 5.45. The number of rotatable bonds is 3. The van der Waals surface area contributed by atoms with Gasteiger partial charge in [-0.15, -0.1) is 0 Å². The number of nitrogens with one attached hydrogen (secondary N) is 1. The van der Waals surface area contributed by atoms with Crippen molar-refractivity contribution in [2.45, 2.75) is 6.92 Å². The Balaban J connectivity index is 2.44. The molecule has 0 aliphatic carbocycles. The van der Waals surface area contributed by atoms with Gasteiger partial charge < -0.3 is 5.32 Å². The van der Waals surface area contributed by atoms with Crippen molar-refractivity contribution in [3.8, 4) is 0 Å². The Morgan fingerprint density at radius 3 is 2.68 bits per heavy atom. The Labute approximate surface area is 117 Å². The largest absolute Gasteiger partial charge is 0.350 e. The molecule has 0 aromatic heterocycles. The first-order chi connectivity index (χ1) is 8.99. The topological polar surface area (TPSA) is 55.2 Å². The molecule has 98 valence electrons. The number of benzene rings is 2. The highest BCUT2D eigenvalue weighted by molar-refractivity contribution is 9.10. The molecule has 0 spiro atoms. The molecule has 2 aromatic carbocycles. The van der Waals surface area contributed by atoms with Gasteiger partial charge in [-0.1, -0.05) is 22.0 Å². The van der Waals surface area contributed by atoms with Crippen LogP contribution in [0.15, 0.2) is 40.9 Å². The summed E-state index contributed by atoms with van der Waals surface area (Å²) in [6, 6.07) is 9.23. The van der Waals surface area contributed by atoms with E-state index in [1.165, 1.54) is 12.1 Å². The van der Waals surface area contributed by atoms with Crippen molar-refractivity contribution in [2.24, 2.45) is 0 Å². The molecule has 0 unspecified atom stereocenters. The zero-order chi connectivity index (χ0) is 14.0. The van der Waals surface area contributed by atoms with Crippen LogP contribution < -0.4 is 5.32 Å². The zero-order valence-electron chi connectivity index (χ0n) is 9.98. The lowest BCUT2D eigenvalue weighted by atomic mass is 10.1. The maximum absolute atomic E-state index is 13.4. The standard InChI is InChI=1S/C13H10BrFN2O2/c1-8-10(15)3-2-4-11(8)16-12-6-5-9(14)7-13(12)17(18)19/h2-7,16H,1H3. The van der Waals surface area contributed by atoms with Crippen molar-refractivity contribution < 1.29 is 9.31 Å². The summed E-state index contributed by atoms with van der Waals surface area (Å²) in [7, 11) is 0. The lowest BCUT2D eigenvalue weighted by Crippen LogP contribution is -1.99. The van der Waals surface area contributed by atoms with Crippen molar-refractivity contribution in [2.75, 3.05) is 5.32 Å². The fourth-order valence-electron chi connectivity index (χ4n) is 1.65. The van der Waals surface area contributed by atoms with Crippen LogP contribution in [0.25, 0.3) is 0 Å². The van der Waals surface area contributed by atoms with Crippen molar-refractivity contribution in [3.63, 3.8) is 0 Å². The molecule has 0 radical (unpaired) electrons. The molecule has 4 nitrogen and oxygen atoms in total. The van der Waals surface area contributed by atoms with E-state index >= 15 is 0 Å². The van der Waals surface area contributed by atoms with E-state index in [1.54, 1.807) is 31.2 Å². The molecule has 0 aliphatic heterocycles. The van der Waals surface area contributed by atoms with Crippen LogP contribution in [-0.4, -0.2) is 4.92 Å². The van der Waals surface area contributed by atoms with Gasteiger partial charge in [0.05, 0.1) is 4.92 Å². The Kier molecular flexibility index (Phi) is 3.80. The Hall–Kier alpha value is -1.95. The van der Waals surface area contributed by atoms with E-state index < -0.39 is 4.92 Å². The summed E-state index contributed by atoms with van der Waals surface area (Å²) in [5.41, 5.74) is 1.17. The number of anilines is 2. The van der Waals surface area contributed by atoms with Gasteiger partial charge in [-0.3, -0.25) is 10.1 Å². The Bertz CT molecular complexity index is 647.